The van der Waals surface area contributed by atoms with Gasteiger partial charge in [-0.1, -0.05) is 26.7 Å². The molecule has 13 heavy (non-hydrogen) atoms. The number of carbonyl (C=O) groups is 1. The molecule has 0 rings (SSSR count). The van der Waals surface area contributed by atoms with E-state index >= 15 is 0 Å². The largest absolute Gasteiger partial charge is 0.481 e. The molecule has 0 saturated heterocycles. The van der Waals surface area contributed by atoms with E-state index < -0.39 is 5.97 Å². The highest BCUT2D eigenvalue weighted by Crippen LogP contribution is 2.05. The van der Waals surface area contributed by atoms with Gasteiger partial charge in [0.15, 0.2) is 0 Å². The molecular weight excluding hydrogens is 166 g/mol. The number of aliphatic carboxylic acids is 1. The van der Waals surface area contributed by atoms with E-state index in [9.17, 15) is 4.79 Å². The lowest BCUT2D eigenvalue weighted by atomic mass is 10.0. The fraction of sp³-hybridized carbons (Fsp3) is 0.900. The first-order chi connectivity index (χ1) is 6.10. The number of carboxylic acids is 1. The van der Waals surface area contributed by atoms with Gasteiger partial charge in [0.1, 0.15) is 0 Å². The topological polar surface area (TPSA) is 49.3 Å². The van der Waals surface area contributed by atoms with Crippen LogP contribution in [0.4, 0.5) is 0 Å². The summed E-state index contributed by atoms with van der Waals surface area (Å²) >= 11 is 0. The smallest absolute Gasteiger partial charge is 0.304 e. The third-order valence-corrected chi connectivity index (χ3v) is 2.39. The number of hydrogen-bond donors (Lipinski definition) is 2. The molecule has 1 atom stereocenters. The average Bonchev–Trinajstić information content (AvgIpc) is 2.05. The van der Waals surface area contributed by atoms with E-state index in [0.29, 0.717) is 5.92 Å². The Kier molecular flexibility index (Phi) is 6.59. The van der Waals surface area contributed by atoms with Gasteiger partial charge in [-0.05, 0) is 19.4 Å². The highest BCUT2D eigenvalue weighted by molar-refractivity contribution is 5.67. The van der Waals surface area contributed by atoms with E-state index in [-0.39, 0.29) is 12.5 Å². The molecule has 0 aromatic rings. The zero-order chi connectivity index (χ0) is 10.3. The maximum Gasteiger partial charge on any atom is 0.304 e. The van der Waals surface area contributed by atoms with E-state index in [1.165, 1.54) is 0 Å². The SMILES string of the molecule is CCC(CC)CNC(C)CC(=O)O. The second kappa shape index (κ2) is 6.89. The lowest BCUT2D eigenvalue weighted by Gasteiger charge is -2.17. The van der Waals surface area contributed by atoms with Gasteiger partial charge in [0.2, 0.25) is 0 Å². The standard InChI is InChI=1S/C10H21NO2/c1-4-9(5-2)7-11-8(3)6-10(12)13/h8-9,11H,4-7H2,1-3H3,(H,12,13). The molecule has 0 aliphatic carbocycles. The molecule has 0 bridgehead atoms. The van der Waals surface area contributed by atoms with E-state index in [4.69, 9.17) is 5.11 Å². The summed E-state index contributed by atoms with van der Waals surface area (Å²) in [4.78, 5) is 10.4. The molecule has 0 heterocycles. The highest BCUT2D eigenvalue weighted by Gasteiger charge is 2.09. The van der Waals surface area contributed by atoms with Crippen molar-refractivity contribution in [2.45, 2.75) is 46.1 Å². The maximum absolute atomic E-state index is 10.4. The molecule has 3 nitrogen and oxygen atoms in total. The van der Waals surface area contributed by atoms with Crippen molar-refractivity contribution in [2.24, 2.45) is 5.92 Å². The fourth-order valence-corrected chi connectivity index (χ4v) is 1.28. The summed E-state index contributed by atoms with van der Waals surface area (Å²) in [7, 11) is 0. The minimum atomic E-state index is -0.732. The van der Waals surface area contributed by atoms with Gasteiger partial charge in [-0.3, -0.25) is 4.79 Å². The minimum absolute atomic E-state index is 0.0816. The van der Waals surface area contributed by atoms with Crippen LogP contribution in [-0.4, -0.2) is 23.7 Å². The summed E-state index contributed by atoms with van der Waals surface area (Å²) in [5.41, 5.74) is 0. The molecular formula is C10H21NO2. The first kappa shape index (κ1) is 12.4. The average molecular weight is 187 g/mol. The predicted molar refractivity (Wildman–Crippen MR) is 53.8 cm³/mol. The molecule has 0 aliphatic rings. The summed E-state index contributed by atoms with van der Waals surface area (Å²) in [6, 6.07) is 0.0816. The number of rotatable bonds is 7. The molecule has 0 aromatic carbocycles. The molecule has 1 unspecified atom stereocenters. The maximum atomic E-state index is 10.4. The minimum Gasteiger partial charge on any atom is -0.481 e. The van der Waals surface area contributed by atoms with Crippen LogP contribution in [0.1, 0.15) is 40.0 Å². The lowest BCUT2D eigenvalue weighted by Crippen LogP contribution is -2.32. The number of nitrogens with one attached hydrogen (secondary N) is 1. The molecule has 0 saturated carbocycles. The summed E-state index contributed by atoms with van der Waals surface area (Å²) in [6.45, 7) is 7.17. The summed E-state index contributed by atoms with van der Waals surface area (Å²) in [6.07, 6.45) is 2.52. The van der Waals surface area contributed by atoms with Crippen molar-refractivity contribution in [3.8, 4) is 0 Å². The molecule has 0 fully saturated rings. The predicted octanol–water partition coefficient (Wildman–Crippen LogP) is 1.88. The van der Waals surface area contributed by atoms with Crippen LogP contribution in [0.15, 0.2) is 0 Å². The van der Waals surface area contributed by atoms with E-state index in [2.05, 4.69) is 19.2 Å². The Labute approximate surface area is 80.5 Å². The highest BCUT2D eigenvalue weighted by atomic mass is 16.4. The zero-order valence-electron chi connectivity index (χ0n) is 8.84. The normalized spacial score (nSPS) is 13.2. The fourth-order valence-electron chi connectivity index (χ4n) is 1.28. The van der Waals surface area contributed by atoms with Crippen LogP contribution in [-0.2, 0) is 4.79 Å². The quantitative estimate of drug-likeness (QED) is 0.639. The van der Waals surface area contributed by atoms with E-state index in [1.54, 1.807) is 0 Å². The van der Waals surface area contributed by atoms with Gasteiger partial charge in [-0.25, -0.2) is 0 Å². The van der Waals surface area contributed by atoms with Crippen molar-refractivity contribution in [2.75, 3.05) is 6.54 Å². The van der Waals surface area contributed by atoms with Gasteiger partial charge >= 0.3 is 5.97 Å². The van der Waals surface area contributed by atoms with Gasteiger partial charge in [0, 0.05) is 6.04 Å². The first-order valence-electron chi connectivity index (χ1n) is 5.05. The van der Waals surface area contributed by atoms with Gasteiger partial charge in [0.05, 0.1) is 6.42 Å². The molecule has 0 aromatic heterocycles. The first-order valence-corrected chi connectivity index (χ1v) is 5.05. The lowest BCUT2D eigenvalue weighted by molar-refractivity contribution is -0.137. The molecule has 0 amide bonds. The monoisotopic (exact) mass is 187 g/mol. The third-order valence-electron chi connectivity index (χ3n) is 2.39. The van der Waals surface area contributed by atoms with Crippen LogP contribution >= 0.6 is 0 Å². The Balaban J connectivity index is 3.55. The van der Waals surface area contributed by atoms with Crippen LogP contribution in [0, 0.1) is 5.92 Å². The Morgan fingerprint density at radius 1 is 1.38 bits per heavy atom. The van der Waals surface area contributed by atoms with E-state index in [0.717, 1.165) is 19.4 Å². The Morgan fingerprint density at radius 2 is 1.92 bits per heavy atom. The third kappa shape index (κ3) is 6.58. The van der Waals surface area contributed by atoms with Crippen LogP contribution in [0.25, 0.3) is 0 Å². The Hall–Kier alpha value is -0.570. The summed E-state index contributed by atoms with van der Waals surface area (Å²) in [5.74, 6) is -0.0548. The Morgan fingerprint density at radius 3 is 2.31 bits per heavy atom. The van der Waals surface area contributed by atoms with Crippen molar-refractivity contribution < 1.29 is 9.90 Å². The van der Waals surface area contributed by atoms with Crippen LogP contribution < -0.4 is 5.32 Å². The molecule has 2 N–H and O–H groups in total. The van der Waals surface area contributed by atoms with Crippen molar-refractivity contribution in [3.05, 3.63) is 0 Å². The van der Waals surface area contributed by atoms with Crippen molar-refractivity contribution in [1.29, 1.82) is 0 Å². The van der Waals surface area contributed by atoms with Crippen molar-refractivity contribution in [3.63, 3.8) is 0 Å². The molecule has 3 heteroatoms. The molecule has 0 aliphatic heterocycles. The Bertz CT molecular complexity index is 144. The molecule has 78 valence electrons. The summed E-state index contributed by atoms with van der Waals surface area (Å²) < 4.78 is 0. The van der Waals surface area contributed by atoms with Crippen LogP contribution in [0.5, 0.6) is 0 Å². The van der Waals surface area contributed by atoms with Crippen LogP contribution in [0.2, 0.25) is 0 Å². The van der Waals surface area contributed by atoms with Gasteiger partial charge in [-0.2, -0.15) is 0 Å². The van der Waals surface area contributed by atoms with E-state index in [1.807, 2.05) is 6.92 Å². The molecule has 0 spiro atoms. The van der Waals surface area contributed by atoms with Crippen molar-refractivity contribution in [1.82, 2.24) is 5.32 Å². The van der Waals surface area contributed by atoms with Gasteiger partial charge in [0.25, 0.3) is 0 Å². The molecule has 0 radical (unpaired) electrons. The van der Waals surface area contributed by atoms with Gasteiger partial charge < -0.3 is 10.4 Å². The second-order valence-corrected chi connectivity index (χ2v) is 3.59. The number of carboxylic acid groups (broad SMARTS) is 1. The summed E-state index contributed by atoms with van der Waals surface area (Å²) in [5, 5.41) is 11.8. The zero-order valence-corrected chi connectivity index (χ0v) is 8.84. The van der Waals surface area contributed by atoms with Crippen molar-refractivity contribution >= 4 is 5.97 Å². The number of hydrogen-bond acceptors (Lipinski definition) is 2. The second-order valence-electron chi connectivity index (χ2n) is 3.59. The van der Waals surface area contributed by atoms with Crippen LogP contribution in [0.3, 0.4) is 0 Å². The van der Waals surface area contributed by atoms with Gasteiger partial charge in [-0.15, -0.1) is 0 Å².